The number of hydrazone groups is 1. The third-order valence-corrected chi connectivity index (χ3v) is 5.31. The first-order chi connectivity index (χ1) is 17.2. The quantitative estimate of drug-likeness (QED) is 0.123. The Morgan fingerprint density at radius 2 is 1.53 bits per heavy atom. The maximum absolute atomic E-state index is 12.7. The van der Waals surface area contributed by atoms with Crippen LogP contribution in [0.1, 0.15) is 36.0 Å². The first-order valence-electron chi connectivity index (χ1n) is 11.3. The molecule has 0 aliphatic rings. The molecule has 192 valence electrons. The molecule has 11 nitrogen and oxygen atoms in total. The van der Waals surface area contributed by atoms with E-state index in [0.717, 1.165) is 11.1 Å². The third-order valence-electron chi connectivity index (χ3n) is 5.31. The molecule has 0 heterocycles. The maximum Gasteiger partial charge on any atom is 0.326 e. The minimum absolute atomic E-state index is 0.0121. The maximum atomic E-state index is 12.7. The molecule has 1 unspecified atom stereocenters. The highest BCUT2D eigenvalue weighted by Crippen LogP contribution is 2.10. The normalized spacial score (nSPS) is 13.5. The minimum Gasteiger partial charge on any atom is -0.481 e. The van der Waals surface area contributed by atoms with Crippen molar-refractivity contribution in [1.29, 1.82) is 0 Å². The van der Waals surface area contributed by atoms with Crippen LogP contribution in [0.25, 0.3) is 0 Å². The number of aliphatic hydroxyl groups excluding tert-OH is 1. The molecule has 36 heavy (non-hydrogen) atoms. The molecule has 2 rings (SSSR count). The van der Waals surface area contributed by atoms with Gasteiger partial charge in [0.25, 0.3) is 0 Å². The first-order valence-corrected chi connectivity index (χ1v) is 11.3. The Hall–Kier alpha value is -4.25. The molecule has 11 heteroatoms. The standard InChI is InChI=1S/C25H30N4O7/c26-27-15-18-8-6-17(7-9-18)12-19(30)10-11-22(31)28-20(14-23(32)33)24(34)29-21(25(35)36)13-16-4-2-1-3-5-16/h1-9,15,19-21,30H,10-14,26H2,(H,28,31)(H,29,34)(H,32,33)(H,35,36)/t19?,20-,21-/m0/s1. The zero-order valence-electron chi connectivity index (χ0n) is 19.5. The third kappa shape index (κ3) is 9.94. The summed E-state index contributed by atoms with van der Waals surface area (Å²) in [4.78, 5) is 47.9. The van der Waals surface area contributed by atoms with Gasteiger partial charge >= 0.3 is 11.9 Å². The molecule has 2 aromatic carbocycles. The fourth-order valence-corrected chi connectivity index (χ4v) is 3.47. The van der Waals surface area contributed by atoms with Crippen molar-refractivity contribution in [3.05, 3.63) is 71.3 Å². The van der Waals surface area contributed by atoms with Crippen molar-refractivity contribution in [2.45, 2.75) is 50.3 Å². The second kappa shape index (κ2) is 14.2. The summed E-state index contributed by atoms with van der Waals surface area (Å²) in [5.74, 6) is 0.911. The predicted molar refractivity (Wildman–Crippen MR) is 131 cm³/mol. The van der Waals surface area contributed by atoms with Crippen LogP contribution in [-0.2, 0) is 32.0 Å². The molecule has 2 aromatic rings. The van der Waals surface area contributed by atoms with Crippen LogP contribution in [0.3, 0.4) is 0 Å². The molecule has 0 aliphatic heterocycles. The monoisotopic (exact) mass is 498 g/mol. The van der Waals surface area contributed by atoms with Gasteiger partial charge in [-0.3, -0.25) is 14.4 Å². The number of carbonyl (C=O) groups excluding carboxylic acids is 2. The van der Waals surface area contributed by atoms with Crippen LogP contribution in [0.2, 0.25) is 0 Å². The van der Waals surface area contributed by atoms with Gasteiger partial charge in [0.15, 0.2) is 0 Å². The molecule has 0 bridgehead atoms. The summed E-state index contributed by atoms with van der Waals surface area (Å²) >= 11 is 0. The van der Waals surface area contributed by atoms with E-state index in [2.05, 4.69) is 15.7 Å². The summed E-state index contributed by atoms with van der Waals surface area (Å²) in [5, 5.41) is 37.0. The SMILES string of the molecule is NN=Cc1ccc(CC(O)CCC(=O)N[C@@H](CC(=O)O)C(=O)N[C@@H](Cc2ccccc2)C(=O)O)cc1. The summed E-state index contributed by atoms with van der Waals surface area (Å²) in [6.45, 7) is 0. The number of benzene rings is 2. The van der Waals surface area contributed by atoms with E-state index < -0.39 is 48.4 Å². The highest BCUT2D eigenvalue weighted by Gasteiger charge is 2.28. The Morgan fingerprint density at radius 1 is 0.889 bits per heavy atom. The lowest BCUT2D eigenvalue weighted by atomic mass is 10.0. The number of carboxylic acid groups (broad SMARTS) is 2. The average molecular weight is 499 g/mol. The van der Waals surface area contributed by atoms with Crippen LogP contribution in [0.15, 0.2) is 59.7 Å². The van der Waals surface area contributed by atoms with Gasteiger partial charge in [0.05, 0.1) is 18.7 Å². The van der Waals surface area contributed by atoms with E-state index in [1.807, 2.05) is 0 Å². The van der Waals surface area contributed by atoms with Gasteiger partial charge in [-0.1, -0.05) is 54.6 Å². The fraction of sp³-hybridized carbons (Fsp3) is 0.320. The molecule has 0 saturated carbocycles. The van der Waals surface area contributed by atoms with E-state index in [1.54, 1.807) is 54.6 Å². The zero-order chi connectivity index (χ0) is 26.5. The van der Waals surface area contributed by atoms with Crippen LogP contribution in [0, 0.1) is 0 Å². The lowest BCUT2D eigenvalue weighted by Gasteiger charge is -2.21. The summed E-state index contributed by atoms with van der Waals surface area (Å²) in [6, 6.07) is 13.0. The summed E-state index contributed by atoms with van der Waals surface area (Å²) in [7, 11) is 0. The molecular weight excluding hydrogens is 468 g/mol. The second-order valence-electron chi connectivity index (χ2n) is 8.22. The van der Waals surface area contributed by atoms with E-state index in [4.69, 9.17) is 10.9 Å². The molecule has 0 aliphatic carbocycles. The number of carboxylic acids is 2. The van der Waals surface area contributed by atoms with Crippen molar-refractivity contribution in [2.24, 2.45) is 10.9 Å². The van der Waals surface area contributed by atoms with Gasteiger partial charge in [-0.2, -0.15) is 5.10 Å². The van der Waals surface area contributed by atoms with Crippen LogP contribution < -0.4 is 16.5 Å². The molecule has 0 aromatic heterocycles. The smallest absolute Gasteiger partial charge is 0.326 e. The van der Waals surface area contributed by atoms with Crippen molar-refractivity contribution in [3.8, 4) is 0 Å². The lowest BCUT2D eigenvalue weighted by Crippen LogP contribution is -2.53. The lowest BCUT2D eigenvalue weighted by molar-refractivity contribution is -0.143. The van der Waals surface area contributed by atoms with Crippen LogP contribution in [0.4, 0.5) is 0 Å². The number of rotatable bonds is 14. The van der Waals surface area contributed by atoms with Crippen LogP contribution in [-0.4, -0.2) is 63.5 Å². The topological polar surface area (TPSA) is 191 Å². The van der Waals surface area contributed by atoms with Gasteiger partial charge in [0, 0.05) is 12.8 Å². The molecule has 0 saturated heterocycles. The number of carbonyl (C=O) groups is 4. The molecule has 0 spiro atoms. The summed E-state index contributed by atoms with van der Waals surface area (Å²) < 4.78 is 0. The van der Waals surface area contributed by atoms with Crippen LogP contribution in [0.5, 0.6) is 0 Å². The van der Waals surface area contributed by atoms with Crippen molar-refractivity contribution < 1.29 is 34.5 Å². The Labute approximate surface area is 208 Å². The molecule has 3 atom stereocenters. The molecule has 0 fully saturated rings. The van der Waals surface area contributed by atoms with E-state index in [0.29, 0.717) is 5.56 Å². The van der Waals surface area contributed by atoms with Gasteiger partial charge in [0.2, 0.25) is 11.8 Å². The largest absolute Gasteiger partial charge is 0.481 e. The van der Waals surface area contributed by atoms with Crippen molar-refractivity contribution >= 4 is 30.0 Å². The highest BCUT2D eigenvalue weighted by atomic mass is 16.4. The Kier molecular flexibility index (Phi) is 11.1. The minimum atomic E-state index is -1.47. The molecule has 0 radical (unpaired) electrons. The predicted octanol–water partition coefficient (Wildman–Crippen LogP) is 0.434. The summed E-state index contributed by atoms with van der Waals surface area (Å²) in [5.41, 5.74) is 2.30. The zero-order valence-corrected chi connectivity index (χ0v) is 19.5. The highest BCUT2D eigenvalue weighted by molar-refractivity contribution is 5.92. The molecule has 7 N–H and O–H groups in total. The van der Waals surface area contributed by atoms with Gasteiger partial charge in [-0.05, 0) is 29.5 Å². The number of hydrogen-bond donors (Lipinski definition) is 6. The number of nitrogens with two attached hydrogens (primary N) is 1. The van der Waals surface area contributed by atoms with E-state index in [9.17, 15) is 29.4 Å². The second-order valence-corrected chi connectivity index (χ2v) is 8.22. The number of nitrogens with one attached hydrogen (secondary N) is 2. The van der Waals surface area contributed by atoms with Gasteiger partial charge < -0.3 is 31.8 Å². The summed E-state index contributed by atoms with van der Waals surface area (Å²) in [6.07, 6.45) is 0.0948. The Morgan fingerprint density at radius 3 is 2.11 bits per heavy atom. The van der Waals surface area contributed by atoms with E-state index in [-0.39, 0.29) is 25.7 Å². The van der Waals surface area contributed by atoms with Crippen molar-refractivity contribution in [1.82, 2.24) is 10.6 Å². The fourth-order valence-electron chi connectivity index (χ4n) is 3.47. The number of nitrogens with zero attached hydrogens (tertiary/aromatic N) is 1. The van der Waals surface area contributed by atoms with Gasteiger partial charge in [-0.25, -0.2) is 4.79 Å². The first kappa shape index (κ1) is 28.0. The molecule has 2 amide bonds. The Bertz CT molecular complexity index is 1060. The van der Waals surface area contributed by atoms with E-state index >= 15 is 0 Å². The van der Waals surface area contributed by atoms with Gasteiger partial charge in [0.1, 0.15) is 12.1 Å². The number of hydrogen-bond acceptors (Lipinski definition) is 7. The van der Waals surface area contributed by atoms with Crippen molar-refractivity contribution in [2.75, 3.05) is 0 Å². The van der Waals surface area contributed by atoms with Crippen molar-refractivity contribution in [3.63, 3.8) is 0 Å². The Balaban J connectivity index is 1.91. The average Bonchev–Trinajstić information content (AvgIpc) is 2.83. The number of aliphatic carboxylic acids is 2. The van der Waals surface area contributed by atoms with Crippen LogP contribution >= 0.6 is 0 Å². The molecular formula is C25H30N4O7. The number of amides is 2. The van der Waals surface area contributed by atoms with E-state index in [1.165, 1.54) is 6.21 Å². The van der Waals surface area contributed by atoms with Gasteiger partial charge in [-0.15, -0.1) is 0 Å². The number of aliphatic hydroxyl groups is 1.